The highest BCUT2D eigenvalue weighted by atomic mass is 19.1. The lowest BCUT2D eigenvalue weighted by Gasteiger charge is -2.32. The predicted octanol–water partition coefficient (Wildman–Crippen LogP) is 3.53. The smallest absolute Gasteiger partial charge is 0.407 e. The first kappa shape index (κ1) is 24.6. The maximum atomic E-state index is 14.9. The van der Waals surface area contributed by atoms with Gasteiger partial charge in [0.25, 0.3) is 5.91 Å². The minimum atomic E-state index is -0.890. The van der Waals surface area contributed by atoms with Crippen LogP contribution in [-0.2, 0) is 13.6 Å². The summed E-state index contributed by atoms with van der Waals surface area (Å²) in [6, 6.07) is 11.8. The van der Waals surface area contributed by atoms with Crippen molar-refractivity contribution in [1.29, 1.82) is 0 Å². The Labute approximate surface area is 213 Å². The molecule has 0 atom stereocenters. The lowest BCUT2D eigenvalue weighted by molar-refractivity contribution is 0.0983. The summed E-state index contributed by atoms with van der Waals surface area (Å²) in [6.45, 7) is 3.68. The van der Waals surface area contributed by atoms with Crippen molar-refractivity contribution in [3.63, 3.8) is 0 Å². The second-order valence-corrected chi connectivity index (χ2v) is 9.13. The SMILES string of the molecule is Cn1ncc2c1Nc1ccccc1N(C(=O)c1ccc(OCCCN3CCN(C(=O)O)CC3)c(F)c1)C2. The van der Waals surface area contributed by atoms with Crippen LogP contribution in [0, 0.1) is 5.82 Å². The molecule has 0 radical (unpaired) electrons. The van der Waals surface area contributed by atoms with Gasteiger partial charge in [-0.15, -0.1) is 0 Å². The molecule has 2 N–H and O–H groups in total. The van der Waals surface area contributed by atoms with Crippen molar-refractivity contribution < 1.29 is 23.8 Å². The average molecular weight is 509 g/mol. The van der Waals surface area contributed by atoms with Gasteiger partial charge in [-0.3, -0.25) is 14.4 Å². The van der Waals surface area contributed by atoms with E-state index in [9.17, 15) is 14.0 Å². The molecule has 2 aromatic carbocycles. The summed E-state index contributed by atoms with van der Waals surface area (Å²) in [5.74, 6) is -0.0118. The third-order valence-electron chi connectivity index (χ3n) is 6.73. The highest BCUT2D eigenvalue weighted by Gasteiger charge is 2.27. The zero-order chi connectivity index (χ0) is 25.9. The van der Waals surface area contributed by atoms with E-state index in [2.05, 4.69) is 15.3 Å². The second kappa shape index (κ2) is 10.5. The van der Waals surface area contributed by atoms with Crippen LogP contribution in [0.25, 0.3) is 0 Å². The van der Waals surface area contributed by atoms with Crippen molar-refractivity contribution in [2.24, 2.45) is 7.05 Å². The van der Waals surface area contributed by atoms with Gasteiger partial charge in [0, 0.05) is 50.9 Å². The molecule has 0 spiro atoms. The summed E-state index contributed by atoms with van der Waals surface area (Å²) in [7, 11) is 1.83. The second-order valence-electron chi connectivity index (χ2n) is 9.13. The normalized spacial score (nSPS) is 15.4. The summed E-state index contributed by atoms with van der Waals surface area (Å²) in [6.07, 6.45) is 1.51. The number of amides is 2. The van der Waals surface area contributed by atoms with Gasteiger partial charge in [-0.25, -0.2) is 9.18 Å². The van der Waals surface area contributed by atoms with Gasteiger partial charge in [-0.2, -0.15) is 5.10 Å². The Morgan fingerprint density at radius 3 is 2.68 bits per heavy atom. The number of carboxylic acid groups (broad SMARTS) is 1. The van der Waals surface area contributed by atoms with E-state index < -0.39 is 11.9 Å². The molecule has 5 rings (SSSR count). The number of hydrogen-bond donors (Lipinski definition) is 2. The molecule has 2 amide bonds. The van der Waals surface area contributed by atoms with Gasteiger partial charge in [0.05, 0.1) is 30.7 Å². The topological polar surface area (TPSA) is 103 Å². The van der Waals surface area contributed by atoms with E-state index in [0.717, 1.165) is 23.6 Å². The fourth-order valence-electron chi connectivity index (χ4n) is 4.68. The molecule has 10 nitrogen and oxygen atoms in total. The molecule has 194 valence electrons. The van der Waals surface area contributed by atoms with Gasteiger partial charge in [0.2, 0.25) is 0 Å². The number of hydrogen-bond acceptors (Lipinski definition) is 6. The number of rotatable bonds is 6. The fraction of sp³-hybridized carbons (Fsp3) is 0.346. The molecule has 0 unspecified atom stereocenters. The molecule has 2 aliphatic rings. The van der Waals surface area contributed by atoms with E-state index >= 15 is 0 Å². The molecule has 0 saturated carbocycles. The van der Waals surface area contributed by atoms with Crippen LogP contribution < -0.4 is 15.0 Å². The predicted molar refractivity (Wildman–Crippen MR) is 136 cm³/mol. The number of piperazine rings is 1. The largest absolute Gasteiger partial charge is 0.490 e. The van der Waals surface area contributed by atoms with Crippen molar-refractivity contribution in [3.8, 4) is 5.75 Å². The van der Waals surface area contributed by atoms with Gasteiger partial charge in [-0.05, 0) is 36.8 Å². The summed E-state index contributed by atoms with van der Waals surface area (Å²) in [4.78, 5) is 29.7. The number of carbonyl (C=O) groups is 2. The monoisotopic (exact) mass is 508 g/mol. The number of ether oxygens (including phenoxy) is 1. The number of nitrogens with one attached hydrogen (secondary N) is 1. The molecule has 3 aromatic rings. The van der Waals surface area contributed by atoms with Crippen LogP contribution in [0.5, 0.6) is 5.75 Å². The van der Waals surface area contributed by atoms with Crippen LogP contribution in [0.2, 0.25) is 0 Å². The molecule has 1 aromatic heterocycles. The first-order valence-corrected chi connectivity index (χ1v) is 12.2. The molecular formula is C26H29FN6O4. The number of carbonyl (C=O) groups excluding carboxylic acids is 1. The minimum Gasteiger partial charge on any atom is -0.490 e. The number of anilines is 3. The third-order valence-corrected chi connectivity index (χ3v) is 6.73. The van der Waals surface area contributed by atoms with Gasteiger partial charge >= 0.3 is 6.09 Å². The molecule has 2 aliphatic heterocycles. The van der Waals surface area contributed by atoms with Crippen LogP contribution in [0.1, 0.15) is 22.3 Å². The van der Waals surface area contributed by atoms with Crippen molar-refractivity contribution in [2.75, 3.05) is 49.5 Å². The summed E-state index contributed by atoms with van der Waals surface area (Å²) < 4.78 is 22.3. The van der Waals surface area contributed by atoms with Crippen LogP contribution in [0.15, 0.2) is 48.7 Å². The molecule has 11 heteroatoms. The molecule has 1 saturated heterocycles. The van der Waals surface area contributed by atoms with Crippen molar-refractivity contribution in [1.82, 2.24) is 19.6 Å². The number of aryl methyl sites for hydroxylation is 1. The number of fused-ring (bicyclic) bond motifs is 2. The third kappa shape index (κ3) is 5.21. The molecule has 0 aliphatic carbocycles. The molecule has 1 fully saturated rings. The lowest BCUT2D eigenvalue weighted by Crippen LogP contribution is -2.48. The van der Waals surface area contributed by atoms with Gasteiger partial charge in [0.1, 0.15) is 5.82 Å². The van der Waals surface area contributed by atoms with Crippen LogP contribution in [-0.4, -0.2) is 76.0 Å². The Morgan fingerprint density at radius 2 is 1.92 bits per heavy atom. The minimum absolute atomic E-state index is 0.0970. The zero-order valence-electron chi connectivity index (χ0n) is 20.6. The Kier molecular flexibility index (Phi) is 6.95. The quantitative estimate of drug-likeness (QED) is 0.491. The molecule has 37 heavy (non-hydrogen) atoms. The van der Waals surface area contributed by atoms with Gasteiger partial charge < -0.3 is 25.0 Å². The number of nitrogens with zero attached hydrogens (tertiary/aromatic N) is 5. The van der Waals surface area contributed by atoms with E-state index in [1.807, 2.05) is 31.3 Å². The number of halogens is 1. The van der Waals surface area contributed by atoms with E-state index in [1.54, 1.807) is 21.8 Å². The molecule has 3 heterocycles. The Morgan fingerprint density at radius 1 is 1.14 bits per heavy atom. The van der Waals surface area contributed by atoms with Crippen LogP contribution in [0.3, 0.4) is 0 Å². The number of aromatic nitrogens is 2. The maximum absolute atomic E-state index is 14.9. The highest BCUT2D eigenvalue weighted by Crippen LogP contribution is 2.36. The number of para-hydroxylation sites is 2. The summed E-state index contributed by atoms with van der Waals surface area (Å²) in [5, 5.41) is 16.7. The Balaban J connectivity index is 1.22. The van der Waals surface area contributed by atoms with Crippen LogP contribution >= 0.6 is 0 Å². The van der Waals surface area contributed by atoms with E-state index in [-0.39, 0.29) is 17.2 Å². The van der Waals surface area contributed by atoms with Crippen LogP contribution in [0.4, 0.5) is 26.4 Å². The van der Waals surface area contributed by atoms with Crippen molar-refractivity contribution >= 4 is 29.2 Å². The maximum Gasteiger partial charge on any atom is 0.407 e. The van der Waals surface area contributed by atoms with Gasteiger partial charge in [-0.1, -0.05) is 12.1 Å². The highest BCUT2D eigenvalue weighted by molar-refractivity contribution is 6.08. The molecule has 0 bridgehead atoms. The number of benzene rings is 2. The first-order chi connectivity index (χ1) is 17.9. The van der Waals surface area contributed by atoms with Crippen molar-refractivity contribution in [2.45, 2.75) is 13.0 Å². The Bertz CT molecular complexity index is 1300. The van der Waals surface area contributed by atoms with E-state index in [1.165, 1.54) is 17.0 Å². The fourth-order valence-corrected chi connectivity index (χ4v) is 4.68. The zero-order valence-corrected chi connectivity index (χ0v) is 20.6. The van der Waals surface area contributed by atoms with Gasteiger partial charge in [0.15, 0.2) is 11.6 Å². The average Bonchev–Trinajstić information content (AvgIpc) is 3.14. The first-order valence-electron chi connectivity index (χ1n) is 12.2. The standard InChI is InChI=1S/C26H29FN6O4/c1-30-24-19(16-28-30)17-33(22-6-3-2-5-21(22)29-24)25(34)18-7-8-23(20(27)15-18)37-14-4-9-31-10-12-32(13-11-31)26(35)36/h2-3,5-8,15-16,29H,4,9-14,17H2,1H3,(H,35,36). The van der Waals surface area contributed by atoms with E-state index in [0.29, 0.717) is 51.4 Å². The summed E-state index contributed by atoms with van der Waals surface area (Å²) >= 11 is 0. The lowest BCUT2D eigenvalue weighted by atomic mass is 10.1. The van der Waals surface area contributed by atoms with Crippen molar-refractivity contribution in [3.05, 3.63) is 65.6 Å². The van der Waals surface area contributed by atoms with E-state index in [4.69, 9.17) is 9.84 Å². The Hall–Kier alpha value is -4.12. The molecular weight excluding hydrogens is 479 g/mol. The summed E-state index contributed by atoms with van der Waals surface area (Å²) in [5.41, 5.74) is 2.55.